The molecule has 2 aromatic rings. The third-order valence-electron chi connectivity index (χ3n) is 3.90. The van der Waals surface area contributed by atoms with Crippen LogP contribution in [0.25, 0.3) is 0 Å². The second-order valence-electron chi connectivity index (χ2n) is 5.20. The van der Waals surface area contributed by atoms with Crippen LogP contribution < -0.4 is 34.5 Å². The molecule has 1 aliphatic heterocycles. The molecular weight excluding hydrogens is 289 g/mol. The number of nitrogens with zero attached hydrogens (tertiary/aromatic N) is 1. The number of aliphatic carboxylic acids is 1. The summed E-state index contributed by atoms with van der Waals surface area (Å²) in [4.78, 5) is 25.0. The second-order valence-corrected chi connectivity index (χ2v) is 5.20. The van der Waals surface area contributed by atoms with E-state index in [1.807, 2.05) is 24.3 Å². The molecule has 5 heteroatoms. The summed E-state index contributed by atoms with van der Waals surface area (Å²) >= 11 is 0. The summed E-state index contributed by atoms with van der Waals surface area (Å²) in [7, 11) is 0. The van der Waals surface area contributed by atoms with Crippen molar-refractivity contribution in [2.45, 2.75) is 19.4 Å². The van der Waals surface area contributed by atoms with Crippen LogP contribution in [0.2, 0.25) is 0 Å². The fourth-order valence-corrected chi connectivity index (χ4v) is 2.55. The number of carboxylic acid groups (broad SMARTS) is 1. The monoisotopic (exact) mass is 305 g/mol. The summed E-state index contributed by atoms with van der Waals surface area (Å²) in [5.41, 5.74) is 3.28. The fourth-order valence-electron chi connectivity index (χ4n) is 2.55. The molecule has 3 rings (SSSR count). The van der Waals surface area contributed by atoms with Crippen molar-refractivity contribution < 1.29 is 45.7 Å². The van der Waals surface area contributed by atoms with Gasteiger partial charge in [0.05, 0.1) is 12.5 Å². The topological polar surface area (TPSA) is 57.6 Å². The molecular formula is C17H16NNaO3. The van der Waals surface area contributed by atoms with E-state index in [2.05, 4.69) is 0 Å². The van der Waals surface area contributed by atoms with Crippen molar-refractivity contribution in [1.82, 2.24) is 0 Å². The first-order valence-corrected chi connectivity index (χ1v) is 6.80. The molecule has 1 aliphatic rings. The van der Waals surface area contributed by atoms with Crippen LogP contribution in [-0.4, -0.2) is 17.0 Å². The Morgan fingerprint density at radius 3 is 2.41 bits per heavy atom. The van der Waals surface area contributed by atoms with Crippen molar-refractivity contribution in [3.63, 3.8) is 0 Å². The molecule has 1 heterocycles. The summed E-state index contributed by atoms with van der Waals surface area (Å²) in [6.07, 6.45) is 0. The van der Waals surface area contributed by atoms with E-state index in [1.54, 1.807) is 36.1 Å². The predicted molar refractivity (Wildman–Crippen MR) is 80.6 cm³/mol. The van der Waals surface area contributed by atoms with Crippen LogP contribution >= 0.6 is 0 Å². The first-order chi connectivity index (χ1) is 10.1. The third kappa shape index (κ3) is 2.95. The van der Waals surface area contributed by atoms with E-state index in [-0.39, 0.29) is 36.9 Å². The van der Waals surface area contributed by atoms with Gasteiger partial charge in [0, 0.05) is 11.3 Å². The summed E-state index contributed by atoms with van der Waals surface area (Å²) < 4.78 is 0. The Bertz CT molecular complexity index is 718. The van der Waals surface area contributed by atoms with E-state index in [9.17, 15) is 9.59 Å². The molecule has 0 radical (unpaired) electrons. The number of fused-ring (bicyclic) bond motifs is 1. The molecule has 1 unspecified atom stereocenters. The molecule has 0 saturated carbocycles. The average Bonchev–Trinajstić information content (AvgIpc) is 2.84. The van der Waals surface area contributed by atoms with Gasteiger partial charge in [-0.1, -0.05) is 30.3 Å². The third-order valence-corrected chi connectivity index (χ3v) is 3.90. The average molecular weight is 305 g/mol. The molecule has 1 atom stereocenters. The van der Waals surface area contributed by atoms with E-state index < -0.39 is 11.9 Å². The van der Waals surface area contributed by atoms with Crippen LogP contribution in [0.1, 0.15) is 35.8 Å². The van der Waals surface area contributed by atoms with Gasteiger partial charge in [-0.2, -0.15) is 0 Å². The van der Waals surface area contributed by atoms with Gasteiger partial charge in [-0.15, -0.1) is 0 Å². The van der Waals surface area contributed by atoms with Crippen LogP contribution in [0.4, 0.5) is 5.69 Å². The van der Waals surface area contributed by atoms with Crippen LogP contribution in [0.5, 0.6) is 0 Å². The molecule has 4 nitrogen and oxygen atoms in total. The number of hydrogen-bond acceptors (Lipinski definition) is 2. The molecule has 0 spiro atoms. The van der Waals surface area contributed by atoms with Crippen LogP contribution in [0.15, 0.2) is 48.5 Å². The number of amides is 1. The predicted octanol–water partition coefficient (Wildman–Crippen LogP) is 0.152. The van der Waals surface area contributed by atoms with E-state index in [0.717, 1.165) is 22.4 Å². The SMILES string of the molecule is CC(C(=O)O)c1ccc(N2Cc3ccccc3C2=O)cc1.[H-].[Na+]. The number of carbonyl (C=O) groups is 2. The largest absolute Gasteiger partial charge is 1.00 e. The number of hydrogen-bond donors (Lipinski definition) is 1. The van der Waals surface area contributed by atoms with Crippen molar-refractivity contribution in [3.05, 3.63) is 65.2 Å². The molecule has 1 amide bonds. The molecule has 1 N–H and O–H groups in total. The van der Waals surface area contributed by atoms with Crippen molar-refractivity contribution in [1.29, 1.82) is 0 Å². The molecule has 108 valence electrons. The molecule has 0 aliphatic carbocycles. The van der Waals surface area contributed by atoms with Gasteiger partial charge >= 0.3 is 35.5 Å². The van der Waals surface area contributed by atoms with E-state index in [1.165, 1.54) is 0 Å². The molecule has 2 aromatic carbocycles. The van der Waals surface area contributed by atoms with Gasteiger partial charge < -0.3 is 11.4 Å². The minimum absolute atomic E-state index is 0. The Kier molecular flexibility index (Phi) is 5.06. The Balaban J connectivity index is 0.00000132. The minimum Gasteiger partial charge on any atom is -1.00 e. The summed E-state index contributed by atoms with van der Waals surface area (Å²) in [6, 6.07) is 14.7. The standard InChI is InChI=1S/C17H15NO3.Na.H/c1-11(17(20)21)12-6-8-14(9-7-12)18-10-13-4-2-3-5-15(13)16(18)19;;/h2-9,11H,10H2,1H3,(H,20,21);;/q;+1;-1. The maximum atomic E-state index is 12.4. The molecule has 0 aromatic heterocycles. The van der Waals surface area contributed by atoms with Gasteiger partial charge in [0.25, 0.3) is 5.91 Å². The van der Waals surface area contributed by atoms with Gasteiger partial charge in [0.15, 0.2) is 0 Å². The van der Waals surface area contributed by atoms with Gasteiger partial charge in [0.2, 0.25) is 0 Å². The second kappa shape index (κ2) is 6.65. The van der Waals surface area contributed by atoms with Gasteiger partial charge in [-0.25, -0.2) is 0 Å². The molecule has 22 heavy (non-hydrogen) atoms. The van der Waals surface area contributed by atoms with Gasteiger partial charge in [-0.3, -0.25) is 9.59 Å². The Hall–Kier alpha value is -1.62. The quantitative estimate of drug-likeness (QED) is 0.822. The van der Waals surface area contributed by atoms with Crippen molar-refractivity contribution in [2.24, 2.45) is 0 Å². The Morgan fingerprint density at radius 1 is 1.18 bits per heavy atom. The maximum absolute atomic E-state index is 12.4. The Labute approximate surface area is 152 Å². The summed E-state index contributed by atoms with van der Waals surface area (Å²) in [5.74, 6) is -1.41. The van der Waals surface area contributed by atoms with Crippen LogP contribution in [0, 0.1) is 0 Å². The van der Waals surface area contributed by atoms with Gasteiger partial charge in [-0.05, 0) is 36.2 Å². The van der Waals surface area contributed by atoms with E-state index in [4.69, 9.17) is 5.11 Å². The van der Waals surface area contributed by atoms with E-state index in [0.29, 0.717) is 6.54 Å². The molecule has 0 bridgehead atoms. The fraction of sp³-hybridized carbons (Fsp3) is 0.176. The normalized spacial score (nSPS) is 14.2. The summed E-state index contributed by atoms with van der Waals surface area (Å²) in [6.45, 7) is 2.21. The first kappa shape index (κ1) is 16.7. The minimum atomic E-state index is -0.854. The number of carboxylic acids is 1. The van der Waals surface area contributed by atoms with Crippen molar-refractivity contribution in [3.8, 4) is 0 Å². The van der Waals surface area contributed by atoms with E-state index >= 15 is 0 Å². The van der Waals surface area contributed by atoms with Crippen LogP contribution in [-0.2, 0) is 11.3 Å². The van der Waals surface area contributed by atoms with Crippen LogP contribution in [0.3, 0.4) is 0 Å². The van der Waals surface area contributed by atoms with Crippen molar-refractivity contribution in [2.75, 3.05) is 4.90 Å². The van der Waals surface area contributed by atoms with Gasteiger partial charge in [0.1, 0.15) is 0 Å². The number of carbonyl (C=O) groups excluding carboxylic acids is 1. The number of anilines is 1. The number of benzene rings is 2. The Morgan fingerprint density at radius 2 is 1.82 bits per heavy atom. The first-order valence-electron chi connectivity index (χ1n) is 6.80. The van der Waals surface area contributed by atoms with Crippen molar-refractivity contribution >= 4 is 17.6 Å². The molecule has 0 saturated heterocycles. The zero-order valence-electron chi connectivity index (χ0n) is 13.6. The number of rotatable bonds is 3. The summed E-state index contributed by atoms with van der Waals surface area (Å²) in [5, 5.41) is 9.01. The zero-order valence-corrected chi connectivity index (χ0v) is 14.6. The maximum Gasteiger partial charge on any atom is 1.00 e. The zero-order chi connectivity index (χ0) is 15.0. The smallest absolute Gasteiger partial charge is 1.00 e. The molecule has 0 fully saturated rings.